The van der Waals surface area contributed by atoms with Gasteiger partial charge in [0.15, 0.2) is 0 Å². The number of nitrogens with one attached hydrogen (secondary N) is 1. The number of nitrogens with zero attached hydrogens (tertiary/aromatic N) is 1. The molecule has 1 saturated carbocycles. The minimum Gasteiger partial charge on any atom is -0.311 e. The van der Waals surface area contributed by atoms with E-state index in [9.17, 15) is 0 Å². The molecule has 0 bridgehead atoms. The molecule has 1 heterocycles. The second kappa shape index (κ2) is 4.84. The monoisotopic (exact) mass is 210 g/mol. The van der Waals surface area contributed by atoms with E-state index in [0.29, 0.717) is 0 Å². The molecular weight excluding hydrogens is 184 g/mol. The van der Waals surface area contributed by atoms with Gasteiger partial charge in [-0.05, 0) is 39.2 Å². The summed E-state index contributed by atoms with van der Waals surface area (Å²) in [5, 5.41) is 3.89. The molecule has 2 rings (SSSR count). The Balaban J connectivity index is 1.85. The van der Waals surface area contributed by atoms with Crippen LogP contribution < -0.4 is 5.32 Å². The molecule has 3 unspecified atom stereocenters. The molecule has 15 heavy (non-hydrogen) atoms. The zero-order chi connectivity index (χ0) is 10.8. The Bertz CT molecular complexity index is 199. The molecule has 1 N–H and O–H groups in total. The number of hydrogen-bond donors (Lipinski definition) is 1. The Kier molecular flexibility index (Phi) is 3.68. The molecule has 0 aromatic heterocycles. The van der Waals surface area contributed by atoms with Crippen molar-refractivity contribution < 1.29 is 0 Å². The molecule has 2 fully saturated rings. The van der Waals surface area contributed by atoms with Crippen molar-refractivity contribution in [3.8, 4) is 0 Å². The summed E-state index contributed by atoms with van der Waals surface area (Å²) in [5.41, 5.74) is 0. The SMILES string of the molecule is CC1CN(C)C(C)CC1NC1CCCC1. The van der Waals surface area contributed by atoms with Crippen LogP contribution in [0.1, 0.15) is 46.0 Å². The lowest BCUT2D eigenvalue weighted by Gasteiger charge is -2.41. The Labute approximate surface area is 94.4 Å². The molecule has 0 aromatic carbocycles. The molecule has 88 valence electrons. The van der Waals surface area contributed by atoms with E-state index in [0.717, 1.165) is 24.0 Å². The summed E-state index contributed by atoms with van der Waals surface area (Å²) < 4.78 is 0. The largest absolute Gasteiger partial charge is 0.311 e. The van der Waals surface area contributed by atoms with Crippen LogP contribution in [0.2, 0.25) is 0 Å². The first-order valence-corrected chi connectivity index (χ1v) is 6.63. The molecule has 1 saturated heterocycles. The number of rotatable bonds is 2. The van der Waals surface area contributed by atoms with Crippen LogP contribution in [0.4, 0.5) is 0 Å². The lowest BCUT2D eigenvalue weighted by atomic mass is 9.89. The van der Waals surface area contributed by atoms with Crippen LogP contribution in [-0.2, 0) is 0 Å². The van der Waals surface area contributed by atoms with E-state index in [4.69, 9.17) is 0 Å². The molecule has 0 aromatic rings. The van der Waals surface area contributed by atoms with E-state index in [1.807, 2.05) is 0 Å². The highest BCUT2D eigenvalue weighted by Gasteiger charge is 2.30. The predicted octanol–water partition coefficient (Wildman–Crippen LogP) is 2.25. The first-order valence-electron chi connectivity index (χ1n) is 6.63. The zero-order valence-corrected chi connectivity index (χ0v) is 10.5. The van der Waals surface area contributed by atoms with E-state index < -0.39 is 0 Å². The Morgan fingerprint density at radius 2 is 1.80 bits per heavy atom. The van der Waals surface area contributed by atoms with E-state index in [-0.39, 0.29) is 0 Å². The number of likely N-dealkylation sites (tertiary alicyclic amines) is 1. The average molecular weight is 210 g/mol. The maximum absolute atomic E-state index is 3.89. The molecule has 0 radical (unpaired) electrons. The number of piperidine rings is 1. The summed E-state index contributed by atoms with van der Waals surface area (Å²) in [5.74, 6) is 0.812. The number of hydrogen-bond acceptors (Lipinski definition) is 2. The van der Waals surface area contributed by atoms with Crippen molar-refractivity contribution in [3.05, 3.63) is 0 Å². The summed E-state index contributed by atoms with van der Waals surface area (Å²) >= 11 is 0. The molecule has 0 spiro atoms. The zero-order valence-electron chi connectivity index (χ0n) is 10.5. The van der Waals surface area contributed by atoms with Gasteiger partial charge in [0, 0.05) is 24.7 Å². The Morgan fingerprint density at radius 3 is 2.47 bits per heavy atom. The van der Waals surface area contributed by atoms with E-state index in [2.05, 4.69) is 31.1 Å². The summed E-state index contributed by atoms with van der Waals surface area (Å²) in [6.45, 7) is 6.01. The van der Waals surface area contributed by atoms with Crippen molar-refractivity contribution in [2.24, 2.45) is 5.92 Å². The fourth-order valence-electron chi connectivity index (χ4n) is 3.17. The average Bonchev–Trinajstić information content (AvgIpc) is 2.67. The fourth-order valence-corrected chi connectivity index (χ4v) is 3.17. The van der Waals surface area contributed by atoms with Crippen molar-refractivity contribution in [3.63, 3.8) is 0 Å². The predicted molar refractivity (Wildman–Crippen MR) is 65.1 cm³/mol. The normalized spacial score (nSPS) is 39.8. The van der Waals surface area contributed by atoms with E-state index in [1.54, 1.807) is 0 Å². The van der Waals surface area contributed by atoms with Crippen LogP contribution in [0.3, 0.4) is 0 Å². The summed E-state index contributed by atoms with van der Waals surface area (Å²) in [6, 6.07) is 2.34. The Hall–Kier alpha value is -0.0800. The van der Waals surface area contributed by atoms with Gasteiger partial charge in [0.1, 0.15) is 0 Å². The van der Waals surface area contributed by atoms with E-state index >= 15 is 0 Å². The van der Waals surface area contributed by atoms with Crippen molar-refractivity contribution in [2.75, 3.05) is 13.6 Å². The van der Waals surface area contributed by atoms with Crippen molar-refractivity contribution in [2.45, 2.75) is 64.1 Å². The molecular formula is C13H26N2. The van der Waals surface area contributed by atoms with Crippen molar-refractivity contribution in [1.82, 2.24) is 10.2 Å². The van der Waals surface area contributed by atoms with E-state index in [1.165, 1.54) is 38.6 Å². The Morgan fingerprint density at radius 1 is 1.13 bits per heavy atom. The second-order valence-electron chi connectivity index (χ2n) is 5.76. The molecule has 1 aliphatic carbocycles. The first-order chi connectivity index (χ1) is 7.16. The molecule has 2 heteroatoms. The maximum atomic E-state index is 3.89. The maximum Gasteiger partial charge on any atom is 0.0122 e. The molecule has 3 atom stereocenters. The highest BCUT2D eigenvalue weighted by molar-refractivity contribution is 4.89. The summed E-state index contributed by atoms with van der Waals surface area (Å²) in [7, 11) is 2.26. The van der Waals surface area contributed by atoms with Gasteiger partial charge in [-0.3, -0.25) is 0 Å². The molecule has 2 nitrogen and oxygen atoms in total. The van der Waals surface area contributed by atoms with Gasteiger partial charge in [-0.1, -0.05) is 19.8 Å². The highest BCUT2D eigenvalue weighted by Crippen LogP contribution is 2.24. The summed E-state index contributed by atoms with van der Waals surface area (Å²) in [6.07, 6.45) is 7.03. The fraction of sp³-hybridized carbons (Fsp3) is 1.00. The van der Waals surface area contributed by atoms with Gasteiger partial charge in [-0.15, -0.1) is 0 Å². The van der Waals surface area contributed by atoms with Gasteiger partial charge in [-0.2, -0.15) is 0 Å². The first kappa shape index (κ1) is 11.4. The van der Waals surface area contributed by atoms with Gasteiger partial charge in [-0.25, -0.2) is 0 Å². The quantitative estimate of drug-likeness (QED) is 0.752. The van der Waals surface area contributed by atoms with Crippen LogP contribution in [0.15, 0.2) is 0 Å². The topological polar surface area (TPSA) is 15.3 Å². The molecule has 1 aliphatic heterocycles. The second-order valence-corrected chi connectivity index (χ2v) is 5.76. The van der Waals surface area contributed by atoms with Crippen LogP contribution in [0.25, 0.3) is 0 Å². The van der Waals surface area contributed by atoms with Gasteiger partial charge in [0.25, 0.3) is 0 Å². The van der Waals surface area contributed by atoms with Gasteiger partial charge in [0.05, 0.1) is 0 Å². The third-order valence-electron chi connectivity index (χ3n) is 4.42. The van der Waals surface area contributed by atoms with Crippen LogP contribution >= 0.6 is 0 Å². The standard InChI is InChI=1S/C13H26N2/c1-10-9-15(3)11(2)8-13(10)14-12-6-4-5-7-12/h10-14H,4-9H2,1-3H3. The van der Waals surface area contributed by atoms with Gasteiger partial charge in [0.2, 0.25) is 0 Å². The van der Waals surface area contributed by atoms with Gasteiger partial charge >= 0.3 is 0 Å². The van der Waals surface area contributed by atoms with Crippen LogP contribution in [0.5, 0.6) is 0 Å². The van der Waals surface area contributed by atoms with Crippen LogP contribution in [0, 0.1) is 5.92 Å². The van der Waals surface area contributed by atoms with Crippen molar-refractivity contribution >= 4 is 0 Å². The lowest BCUT2D eigenvalue weighted by molar-refractivity contribution is 0.116. The van der Waals surface area contributed by atoms with Crippen molar-refractivity contribution in [1.29, 1.82) is 0 Å². The molecule has 0 amide bonds. The third-order valence-corrected chi connectivity index (χ3v) is 4.42. The van der Waals surface area contributed by atoms with Crippen LogP contribution in [-0.4, -0.2) is 36.6 Å². The third kappa shape index (κ3) is 2.73. The smallest absolute Gasteiger partial charge is 0.0122 e. The lowest BCUT2D eigenvalue weighted by Crippen LogP contribution is -2.52. The highest BCUT2D eigenvalue weighted by atomic mass is 15.2. The molecule has 2 aliphatic rings. The summed E-state index contributed by atoms with van der Waals surface area (Å²) in [4.78, 5) is 2.50. The van der Waals surface area contributed by atoms with Gasteiger partial charge < -0.3 is 10.2 Å². The minimum atomic E-state index is 0.750. The minimum absolute atomic E-state index is 0.750.